The van der Waals surface area contributed by atoms with Crippen LogP contribution in [-0.2, 0) is 19.2 Å². The van der Waals surface area contributed by atoms with Crippen molar-refractivity contribution in [3.63, 3.8) is 0 Å². The van der Waals surface area contributed by atoms with Crippen LogP contribution in [-0.4, -0.2) is 54.2 Å². The minimum Gasteiger partial charge on any atom is -0.368 e. The first kappa shape index (κ1) is 17.8. The standard InChI is InChI=1S/C11H21N5O4/c1-6(2)10(14)11(20)15-3-9(19)16(4-7(12)17)5-8(13)18/h6,10H,3-5,14H2,1-2H3,(H2,12,17)(H2,13,18)(H,15,20)/t10-/m0/s1. The summed E-state index contributed by atoms with van der Waals surface area (Å²) in [5.74, 6) is -2.80. The van der Waals surface area contributed by atoms with Gasteiger partial charge in [0.15, 0.2) is 0 Å². The fourth-order valence-corrected chi connectivity index (χ4v) is 1.30. The number of carbonyl (C=O) groups is 4. The first-order chi connectivity index (χ1) is 9.15. The van der Waals surface area contributed by atoms with E-state index in [1.165, 1.54) is 0 Å². The molecule has 0 aromatic carbocycles. The molecule has 9 nitrogen and oxygen atoms in total. The summed E-state index contributed by atoms with van der Waals surface area (Å²) in [6.45, 7) is 2.23. The average molecular weight is 287 g/mol. The van der Waals surface area contributed by atoms with Gasteiger partial charge in [0.2, 0.25) is 23.6 Å². The summed E-state index contributed by atoms with van der Waals surface area (Å²) in [5.41, 5.74) is 15.5. The number of nitrogens with one attached hydrogen (secondary N) is 1. The first-order valence-electron chi connectivity index (χ1n) is 6.02. The van der Waals surface area contributed by atoms with Crippen molar-refractivity contribution >= 4 is 23.6 Å². The van der Waals surface area contributed by atoms with Gasteiger partial charge in [0, 0.05) is 0 Å². The molecule has 0 bridgehead atoms. The fourth-order valence-electron chi connectivity index (χ4n) is 1.30. The summed E-state index contributed by atoms with van der Waals surface area (Å²) >= 11 is 0. The highest BCUT2D eigenvalue weighted by Gasteiger charge is 2.21. The van der Waals surface area contributed by atoms with Crippen molar-refractivity contribution in [1.82, 2.24) is 10.2 Å². The van der Waals surface area contributed by atoms with Crippen molar-refractivity contribution in [3.05, 3.63) is 0 Å². The van der Waals surface area contributed by atoms with Crippen molar-refractivity contribution in [1.29, 1.82) is 0 Å². The van der Waals surface area contributed by atoms with Gasteiger partial charge in [-0.1, -0.05) is 13.8 Å². The third kappa shape index (κ3) is 6.69. The van der Waals surface area contributed by atoms with Crippen LogP contribution in [0.5, 0.6) is 0 Å². The summed E-state index contributed by atoms with van der Waals surface area (Å²) in [6, 6.07) is -0.747. The normalized spacial score (nSPS) is 11.8. The maximum absolute atomic E-state index is 11.8. The SMILES string of the molecule is CC(C)[C@H](N)C(=O)NCC(=O)N(CC(N)=O)CC(N)=O. The van der Waals surface area contributed by atoms with E-state index in [0.29, 0.717) is 0 Å². The second kappa shape index (κ2) is 8.10. The Morgan fingerprint density at radius 2 is 1.50 bits per heavy atom. The number of primary amides is 2. The summed E-state index contributed by atoms with van der Waals surface area (Å²) in [7, 11) is 0. The molecule has 0 aliphatic heterocycles. The largest absolute Gasteiger partial charge is 0.368 e. The molecule has 0 spiro atoms. The van der Waals surface area contributed by atoms with Crippen molar-refractivity contribution in [2.45, 2.75) is 19.9 Å². The maximum Gasteiger partial charge on any atom is 0.242 e. The van der Waals surface area contributed by atoms with E-state index in [2.05, 4.69) is 5.32 Å². The van der Waals surface area contributed by atoms with Gasteiger partial charge in [-0.05, 0) is 5.92 Å². The molecule has 0 aliphatic carbocycles. The number of carbonyl (C=O) groups excluding carboxylic acids is 4. The van der Waals surface area contributed by atoms with Crippen LogP contribution in [0.4, 0.5) is 0 Å². The second-order valence-corrected chi connectivity index (χ2v) is 4.67. The van der Waals surface area contributed by atoms with Crippen molar-refractivity contribution in [2.75, 3.05) is 19.6 Å². The topological polar surface area (TPSA) is 162 Å². The van der Waals surface area contributed by atoms with E-state index in [-0.39, 0.29) is 12.5 Å². The number of nitrogens with two attached hydrogens (primary N) is 3. The molecule has 1 atom stereocenters. The van der Waals surface area contributed by atoms with Gasteiger partial charge in [0.25, 0.3) is 0 Å². The average Bonchev–Trinajstić information content (AvgIpc) is 2.32. The lowest BCUT2D eigenvalue weighted by atomic mass is 10.1. The molecule has 7 N–H and O–H groups in total. The van der Waals surface area contributed by atoms with Crippen molar-refractivity contribution in [2.24, 2.45) is 23.1 Å². The summed E-state index contributed by atoms with van der Waals surface area (Å²) in [6.07, 6.45) is 0. The van der Waals surface area contributed by atoms with Crippen LogP contribution in [0.15, 0.2) is 0 Å². The molecule has 20 heavy (non-hydrogen) atoms. The number of rotatable bonds is 8. The van der Waals surface area contributed by atoms with Crippen LogP contribution in [0.1, 0.15) is 13.8 Å². The van der Waals surface area contributed by atoms with E-state index < -0.39 is 42.8 Å². The smallest absolute Gasteiger partial charge is 0.242 e. The molecular formula is C11H21N5O4. The van der Waals surface area contributed by atoms with Crippen LogP contribution in [0, 0.1) is 5.92 Å². The Morgan fingerprint density at radius 1 is 1.05 bits per heavy atom. The third-order valence-corrected chi connectivity index (χ3v) is 2.48. The molecule has 0 saturated carbocycles. The van der Waals surface area contributed by atoms with E-state index in [9.17, 15) is 19.2 Å². The van der Waals surface area contributed by atoms with Gasteiger partial charge in [-0.25, -0.2) is 0 Å². The predicted octanol–water partition coefficient (Wildman–Crippen LogP) is -3.11. The molecule has 0 unspecified atom stereocenters. The van der Waals surface area contributed by atoms with Crippen LogP contribution < -0.4 is 22.5 Å². The lowest BCUT2D eigenvalue weighted by Gasteiger charge is -2.21. The van der Waals surface area contributed by atoms with Crippen LogP contribution in [0.3, 0.4) is 0 Å². The zero-order valence-corrected chi connectivity index (χ0v) is 11.6. The molecule has 0 heterocycles. The molecule has 4 amide bonds. The Bertz CT molecular complexity index is 380. The van der Waals surface area contributed by atoms with Crippen LogP contribution >= 0.6 is 0 Å². The molecule has 0 saturated heterocycles. The summed E-state index contributed by atoms with van der Waals surface area (Å²) < 4.78 is 0. The minimum atomic E-state index is -0.787. The third-order valence-electron chi connectivity index (χ3n) is 2.48. The quantitative estimate of drug-likeness (QED) is 0.371. The zero-order valence-electron chi connectivity index (χ0n) is 11.6. The zero-order chi connectivity index (χ0) is 15.9. The van der Waals surface area contributed by atoms with Gasteiger partial charge < -0.3 is 27.4 Å². The number of nitrogens with zero attached hydrogens (tertiary/aromatic N) is 1. The highest BCUT2D eigenvalue weighted by atomic mass is 16.2. The van der Waals surface area contributed by atoms with E-state index >= 15 is 0 Å². The molecular weight excluding hydrogens is 266 g/mol. The first-order valence-corrected chi connectivity index (χ1v) is 6.02. The second-order valence-electron chi connectivity index (χ2n) is 4.67. The minimum absolute atomic E-state index is 0.0857. The Balaban J connectivity index is 4.49. The number of hydrogen-bond acceptors (Lipinski definition) is 5. The van der Waals surface area contributed by atoms with Crippen molar-refractivity contribution < 1.29 is 19.2 Å². The molecule has 0 radical (unpaired) electrons. The van der Waals surface area contributed by atoms with Crippen LogP contribution in [0.25, 0.3) is 0 Å². The van der Waals surface area contributed by atoms with Gasteiger partial charge in [-0.15, -0.1) is 0 Å². The van der Waals surface area contributed by atoms with Crippen molar-refractivity contribution in [3.8, 4) is 0 Å². The summed E-state index contributed by atoms with van der Waals surface area (Å²) in [4.78, 5) is 45.8. The maximum atomic E-state index is 11.8. The van der Waals surface area contributed by atoms with Gasteiger partial charge in [0.1, 0.15) is 0 Å². The van der Waals surface area contributed by atoms with Gasteiger partial charge in [-0.2, -0.15) is 0 Å². The molecule has 114 valence electrons. The number of hydrogen-bond donors (Lipinski definition) is 4. The Morgan fingerprint density at radius 3 is 1.85 bits per heavy atom. The fraction of sp³-hybridized carbons (Fsp3) is 0.636. The van der Waals surface area contributed by atoms with Gasteiger partial charge in [-0.3, -0.25) is 19.2 Å². The monoisotopic (exact) mass is 287 g/mol. The molecule has 9 heteroatoms. The number of amides is 4. The lowest BCUT2D eigenvalue weighted by Crippen LogP contribution is -2.50. The Labute approximate surface area is 116 Å². The van der Waals surface area contributed by atoms with E-state index in [1.807, 2.05) is 0 Å². The Kier molecular flexibility index (Phi) is 7.22. The molecule has 0 aromatic rings. The summed E-state index contributed by atoms with van der Waals surface area (Å²) in [5, 5.41) is 2.33. The highest BCUT2D eigenvalue weighted by Crippen LogP contribution is 1.97. The molecule has 0 aromatic heterocycles. The van der Waals surface area contributed by atoms with E-state index in [0.717, 1.165) is 4.90 Å². The predicted molar refractivity (Wildman–Crippen MR) is 70.8 cm³/mol. The van der Waals surface area contributed by atoms with Crippen LogP contribution in [0.2, 0.25) is 0 Å². The molecule has 0 aliphatic rings. The van der Waals surface area contributed by atoms with Gasteiger partial charge in [0.05, 0.1) is 25.7 Å². The van der Waals surface area contributed by atoms with Gasteiger partial charge >= 0.3 is 0 Å². The highest BCUT2D eigenvalue weighted by molar-refractivity contribution is 5.91. The van der Waals surface area contributed by atoms with E-state index in [1.54, 1.807) is 13.8 Å². The molecule has 0 fully saturated rings. The Hall–Kier alpha value is -2.16. The van der Waals surface area contributed by atoms with E-state index in [4.69, 9.17) is 17.2 Å². The lowest BCUT2D eigenvalue weighted by molar-refractivity contribution is -0.138. The molecule has 0 rings (SSSR count).